The largest absolute Gasteiger partial charge is 0.326 e. The number of hydrogen-bond acceptors (Lipinski definition) is 4. The van der Waals surface area contributed by atoms with E-state index in [1.807, 2.05) is 49.4 Å². The van der Waals surface area contributed by atoms with Gasteiger partial charge in [0.2, 0.25) is 17.7 Å². The summed E-state index contributed by atoms with van der Waals surface area (Å²) in [6.07, 6.45) is 0. The standard InChI is InChI=1S/C24H26N4O3/c1-3-28(15-23(30)26-20-13-11-19(12-14-20)25-17(2)29)16-24(31)27-22-10-6-8-18-7-4-5-9-21(18)22/h4-14H,3,15-16H2,1-2H3,(H,25,29)(H,26,30)(H,27,31). The highest BCUT2D eigenvalue weighted by Gasteiger charge is 2.14. The van der Waals surface area contributed by atoms with Crippen molar-refractivity contribution in [3.8, 4) is 0 Å². The number of fused-ring (bicyclic) bond motifs is 1. The molecule has 0 atom stereocenters. The maximum atomic E-state index is 12.6. The fourth-order valence-electron chi connectivity index (χ4n) is 3.25. The maximum Gasteiger partial charge on any atom is 0.238 e. The lowest BCUT2D eigenvalue weighted by molar-refractivity contribution is -0.120. The van der Waals surface area contributed by atoms with Crippen LogP contribution in [0.4, 0.5) is 17.1 Å². The number of carbonyl (C=O) groups excluding carboxylic acids is 3. The van der Waals surface area contributed by atoms with Gasteiger partial charge >= 0.3 is 0 Å². The van der Waals surface area contributed by atoms with Crippen LogP contribution in [0.25, 0.3) is 10.8 Å². The molecular weight excluding hydrogens is 392 g/mol. The third kappa shape index (κ3) is 6.38. The maximum absolute atomic E-state index is 12.6. The minimum Gasteiger partial charge on any atom is -0.326 e. The highest BCUT2D eigenvalue weighted by atomic mass is 16.2. The number of hydrogen-bond donors (Lipinski definition) is 3. The Balaban J connectivity index is 1.55. The van der Waals surface area contributed by atoms with Gasteiger partial charge in [-0.1, -0.05) is 43.3 Å². The van der Waals surface area contributed by atoms with Crippen LogP contribution in [0.1, 0.15) is 13.8 Å². The van der Waals surface area contributed by atoms with Crippen LogP contribution < -0.4 is 16.0 Å². The van der Waals surface area contributed by atoms with Gasteiger partial charge in [-0.05, 0) is 42.3 Å². The first-order chi connectivity index (χ1) is 14.9. The van der Waals surface area contributed by atoms with E-state index in [-0.39, 0.29) is 30.8 Å². The minimum atomic E-state index is -0.216. The molecule has 0 radical (unpaired) electrons. The average molecular weight is 418 g/mol. The number of benzene rings is 3. The van der Waals surface area contributed by atoms with Crippen LogP contribution in [0, 0.1) is 0 Å². The fraction of sp³-hybridized carbons (Fsp3) is 0.208. The SMILES string of the molecule is CCN(CC(=O)Nc1ccc(NC(C)=O)cc1)CC(=O)Nc1cccc2ccccc12. The van der Waals surface area contributed by atoms with Crippen LogP contribution in [0.2, 0.25) is 0 Å². The Bertz CT molecular complexity index is 1070. The van der Waals surface area contributed by atoms with E-state index in [4.69, 9.17) is 0 Å². The third-order valence-electron chi connectivity index (χ3n) is 4.73. The number of amides is 3. The lowest BCUT2D eigenvalue weighted by atomic mass is 10.1. The smallest absolute Gasteiger partial charge is 0.238 e. The van der Waals surface area contributed by atoms with E-state index in [9.17, 15) is 14.4 Å². The van der Waals surface area contributed by atoms with Crippen molar-refractivity contribution in [3.05, 3.63) is 66.7 Å². The van der Waals surface area contributed by atoms with Gasteiger partial charge in [0, 0.05) is 29.4 Å². The molecule has 3 N–H and O–H groups in total. The Kier molecular flexibility index (Phi) is 7.35. The van der Waals surface area contributed by atoms with Crippen molar-refractivity contribution < 1.29 is 14.4 Å². The first kappa shape index (κ1) is 22.0. The molecule has 0 aliphatic rings. The molecule has 0 spiro atoms. The second-order valence-electron chi connectivity index (χ2n) is 7.18. The van der Waals surface area contributed by atoms with Crippen molar-refractivity contribution in [1.82, 2.24) is 4.90 Å². The molecule has 0 aromatic heterocycles. The first-order valence-electron chi connectivity index (χ1n) is 10.1. The third-order valence-corrected chi connectivity index (χ3v) is 4.73. The zero-order valence-electron chi connectivity index (χ0n) is 17.6. The zero-order valence-corrected chi connectivity index (χ0v) is 17.6. The first-order valence-corrected chi connectivity index (χ1v) is 10.1. The summed E-state index contributed by atoms with van der Waals surface area (Å²) in [7, 11) is 0. The van der Waals surface area contributed by atoms with Gasteiger partial charge < -0.3 is 16.0 Å². The van der Waals surface area contributed by atoms with Crippen LogP contribution in [0.5, 0.6) is 0 Å². The molecule has 0 heterocycles. The molecule has 160 valence electrons. The second-order valence-corrected chi connectivity index (χ2v) is 7.18. The molecule has 0 saturated carbocycles. The van der Waals surface area contributed by atoms with E-state index < -0.39 is 0 Å². The highest BCUT2D eigenvalue weighted by molar-refractivity contribution is 6.03. The van der Waals surface area contributed by atoms with Gasteiger partial charge in [-0.3, -0.25) is 19.3 Å². The van der Waals surface area contributed by atoms with Gasteiger partial charge in [-0.2, -0.15) is 0 Å². The molecule has 0 saturated heterocycles. The molecule has 3 aromatic carbocycles. The quantitative estimate of drug-likeness (QED) is 0.520. The molecule has 0 bridgehead atoms. The van der Waals surface area contributed by atoms with Crippen LogP contribution >= 0.6 is 0 Å². The normalized spacial score (nSPS) is 10.7. The average Bonchev–Trinajstić information content (AvgIpc) is 2.74. The minimum absolute atomic E-state index is 0.0902. The van der Waals surface area contributed by atoms with Gasteiger partial charge in [0.05, 0.1) is 13.1 Å². The van der Waals surface area contributed by atoms with Crippen molar-refractivity contribution in [2.24, 2.45) is 0 Å². The summed E-state index contributed by atoms with van der Waals surface area (Å²) in [6.45, 7) is 4.09. The number of nitrogens with zero attached hydrogens (tertiary/aromatic N) is 1. The van der Waals surface area contributed by atoms with E-state index in [2.05, 4.69) is 16.0 Å². The summed E-state index contributed by atoms with van der Waals surface area (Å²) in [5.41, 5.74) is 2.03. The monoisotopic (exact) mass is 418 g/mol. The Morgan fingerprint density at radius 1 is 0.742 bits per heavy atom. The summed E-state index contributed by atoms with van der Waals surface area (Å²) in [5.74, 6) is -0.546. The van der Waals surface area contributed by atoms with Crippen molar-refractivity contribution in [2.75, 3.05) is 35.6 Å². The number of rotatable bonds is 8. The van der Waals surface area contributed by atoms with Crippen molar-refractivity contribution in [2.45, 2.75) is 13.8 Å². The summed E-state index contributed by atoms with van der Waals surface area (Å²) in [5, 5.41) is 10.5. The Hall–Kier alpha value is -3.71. The summed E-state index contributed by atoms with van der Waals surface area (Å²) >= 11 is 0. The highest BCUT2D eigenvalue weighted by Crippen LogP contribution is 2.22. The number of nitrogens with one attached hydrogen (secondary N) is 3. The Labute approximate surface area is 181 Å². The summed E-state index contributed by atoms with van der Waals surface area (Å²) < 4.78 is 0. The molecule has 0 aliphatic heterocycles. The molecule has 0 aliphatic carbocycles. The van der Waals surface area contributed by atoms with Gasteiger partial charge in [0.25, 0.3) is 0 Å². The number of carbonyl (C=O) groups is 3. The summed E-state index contributed by atoms with van der Waals surface area (Å²) in [4.78, 5) is 37.8. The molecule has 31 heavy (non-hydrogen) atoms. The van der Waals surface area contributed by atoms with Crippen LogP contribution in [0.3, 0.4) is 0 Å². The second kappa shape index (κ2) is 10.4. The topological polar surface area (TPSA) is 90.5 Å². The van der Waals surface area contributed by atoms with Crippen LogP contribution in [-0.2, 0) is 14.4 Å². The van der Waals surface area contributed by atoms with E-state index in [1.165, 1.54) is 6.92 Å². The molecule has 3 aromatic rings. The molecule has 3 rings (SSSR count). The number of likely N-dealkylation sites (N-methyl/N-ethyl adjacent to an activating group) is 1. The van der Waals surface area contributed by atoms with Crippen molar-refractivity contribution >= 4 is 45.6 Å². The van der Waals surface area contributed by atoms with E-state index >= 15 is 0 Å². The van der Waals surface area contributed by atoms with Crippen LogP contribution in [-0.4, -0.2) is 42.3 Å². The predicted octanol–water partition coefficient (Wildman–Crippen LogP) is 3.70. The van der Waals surface area contributed by atoms with E-state index in [0.29, 0.717) is 17.9 Å². The predicted molar refractivity (Wildman–Crippen MR) is 124 cm³/mol. The van der Waals surface area contributed by atoms with Crippen molar-refractivity contribution in [1.29, 1.82) is 0 Å². The molecule has 0 fully saturated rings. The Morgan fingerprint density at radius 2 is 1.32 bits per heavy atom. The molecule has 0 unspecified atom stereocenters. The van der Waals surface area contributed by atoms with E-state index in [1.54, 1.807) is 29.2 Å². The molecule has 7 nitrogen and oxygen atoms in total. The van der Waals surface area contributed by atoms with Gasteiger partial charge in [0.15, 0.2) is 0 Å². The van der Waals surface area contributed by atoms with Gasteiger partial charge in [0.1, 0.15) is 0 Å². The van der Waals surface area contributed by atoms with Gasteiger partial charge in [-0.15, -0.1) is 0 Å². The molecule has 7 heteroatoms. The lowest BCUT2D eigenvalue weighted by Crippen LogP contribution is -2.38. The van der Waals surface area contributed by atoms with Gasteiger partial charge in [-0.25, -0.2) is 0 Å². The lowest BCUT2D eigenvalue weighted by Gasteiger charge is -2.19. The fourth-order valence-corrected chi connectivity index (χ4v) is 3.25. The summed E-state index contributed by atoms with van der Waals surface area (Å²) in [6, 6.07) is 20.5. The Morgan fingerprint density at radius 3 is 1.97 bits per heavy atom. The van der Waals surface area contributed by atoms with E-state index in [0.717, 1.165) is 16.5 Å². The molecular formula is C24H26N4O3. The molecule has 3 amide bonds. The van der Waals surface area contributed by atoms with Crippen molar-refractivity contribution in [3.63, 3.8) is 0 Å². The number of anilines is 3. The van der Waals surface area contributed by atoms with Crippen LogP contribution in [0.15, 0.2) is 66.7 Å². The zero-order chi connectivity index (χ0) is 22.2.